The first kappa shape index (κ1) is 20.2. The van der Waals surface area contributed by atoms with Crippen LogP contribution in [0.25, 0.3) is 10.9 Å². The number of fused-ring (bicyclic) bond motifs is 1. The number of hydrogen-bond acceptors (Lipinski definition) is 5. The molecule has 0 unspecified atom stereocenters. The van der Waals surface area contributed by atoms with Crippen LogP contribution in [0, 0.1) is 0 Å². The van der Waals surface area contributed by atoms with Crippen LogP contribution < -0.4 is 15.4 Å². The molecule has 0 saturated heterocycles. The first-order chi connectivity index (χ1) is 14.5. The number of pyridine rings is 1. The minimum atomic E-state index is -0.957. The number of hydrogen-bond donors (Lipinski definition) is 4. The average Bonchev–Trinajstić information content (AvgIpc) is 3.38. The van der Waals surface area contributed by atoms with Gasteiger partial charge in [-0.25, -0.2) is 9.78 Å². The molecule has 0 bridgehead atoms. The zero-order valence-electron chi connectivity index (χ0n) is 17.2. The number of carbonyl (C=O) groups excluding carboxylic acids is 1. The lowest BCUT2D eigenvalue weighted by molar-refractivity contribution is 0.0113. The number of ether oxygens (including phenoxy) is 1. The second-order valence-corrected chi connectivity index (χ2v) is 7.72. The van der Waals surface area contributed by atoms with Crippen molar-refractivity contribution in [3.05, 3.63) is 47.7 Å². The van der Waals surface area contributed by atoms with Crippen molar-refractivity contribution in [3.8, 4) is 5.88 Å². The third kappa shape index (κ3) is 3.82. The van der Waals surface area contributed by atoms with Crippen LogP contribution in [0.1, 0.15) is 49.9 Å². The molecule has 4 N–H and O–H groups in total. The minimum Gasteiger partial charge on any atom is -0.479 e. The molecule has 1 aliphatic carbocycles. The minimum absolute atomic E-state index is 0.411. The maximum absolute atomic E-state index is 12.9. The van der Waals surface area contributed by atoms with E-state index < -0.39 is 17.7 Å². The van der Waals surface area contributed by atoms with Gasteiger partial charge in [0.2, 0.25) is 5.88 Å². The predicted octanol–water partition coefficient (Wildman–Crippen LogP) is 3.70. The van der Waals surface area contributed by atoms with Crippen molar-refractivity contribution in [2.45, 2.75) is 50.7 Å². The Labute approximate surface area is 175 Å². The summed E-state index contributed by atoms with van der Waals surface area (Å²) in [6.07, 6.45) is 3.87. The van der Waals surface area contributed by atoms with Crippen molar-refractivity contribution in [2.75, 3.05) is 12.4 Å². The van der Waals surface area contributed by atoms with Crippen LogP contribution in [0.15, 0.2) is 36.4 Å². The topological polar surface area (TPSA) is 112 Å². The van der Waals surface area contributed by atoms with Gasteiger partial charge in [0.15, 0.2) is 0 Å². The van der Waals surface area contributed by atoms with Gasteiger partial charge in [0.25, 0.3) is 0 Å². The summed E-state index contributed by atoms with van der Waals surface area (Å²) in [6.45, 7) is 1.99. The van der Waals surface area contributed by atoms with Gasteiger partial charge >= 0.3 is 6.03 Å². The van der Waals surface area contributed by atoms with E-state index in [-0.39, 0.29) is 0 Å². The van der Waals surface area contributed by atoms with Crippen LogP contribution in [0.4, 0.5) is 10.6 Å². The van der Waals surface area contributed by atoms with E-state index in [0.29, 0.717) is 31.0 Å². The van der Waals surface area contributed by atoms with Crippen LogP contribution in [0.2, 0.25) is 0 Å². The van der Waals surface area contributed by atoms with E-state index in [1.165, 1.54) is 0 Å². The van der Waals surface area contributed by atoms with Crippen LogP contribution >= 0.6 is 0 Å². The van der Waals surface area contributed by atoms with Gasteiger partial charge in [0.05, 0.1) is 35.3 Å². The standard InChI is InChI=1S/C22H27N5O3/c1-3-15-18-16(26-27-20(18)30-2)13-17(23-15)24-21(28)25-19(14-9-5-4-6-10-14)22(29)11-7-8-12-22/h4-6,9-10,13,19,29H,3,7-8,11-12H2,1-2H3,(H,26,27)(H2,23,24,25,28)/t19-/m0/s1. The molecular weight excluding hydrogens is 382 g/mol. The lowest BCUT2D eigenvalue weighted by Gasteiger charge is -2.33. The molecule has 30 heavy (non-hydrogen) atoms. The largest absolute Gasteiger partial charge is 0.479 e. The summed E-state index contributed by atoms with van der Waals surface area (Å²) in [5.41, 5.74) is 1.44. The number of aromatic nitrogens is 3. The third-order valence-corrected chi connectivity index (χ3v) is 5.77. The number of urea groups is 1. The molecule has 2 heterocycles. The number of aromatic amines is 1. The molecule has 1 aromatic carbocycles. The molecule has 158 valence electrons. The summed E-state index contributed by atoms with van der Waals surface area (Å²) in [7, 11) is 1.56. The van der Waals surface area contributed by atoms with E-state index in [9.17, 15) is 9.90 Å². The number of nitrogens with zero attached hydrogens (tertiary/aromatic N) is 2. The Kier molecular flexibility index (Phi) is 5.59. The van der Waals surface area contributed by atoms with E-state index >= 15 is 0 Å². The molecule has 2 amide bonds. The maximum Gasteiger partial charge on any atom is 0.320 e. The summed E-state index contributed by atoms with van der Waals surface area (Å²) < 4.78 is 5.29. The first-order valence-electron chi connectivity index (χ1n) is 10.3. The maximum atomic E-state index is 12.9. The highest BCUT2D eigenvalue weighted by atomic mass is 16.5. The van der Waals surface area contributed by atoms with Crippen molar-refractivity contribution in [1.82, 2.24) is 20.5 Å². The normalized spacial score (nSPS) is 16.4. The third-order valence-electron chi connectivity index (χ3n) is 5.77. The van der Waals surface area contributed by atoms with Gasteiger partial charge in [-0.2, -0.15) is 0 Å². The number of nitrogens with one attached hydrogen (secondary N) is 3. The second kappa shape index (κ2) is 8.31. The predicted molar refractivity (Wildman–Crippen MR) is 115 cm³/mol. The molecule has 4 rings (SSSR count). The second-order valence-electron chi connectivity index (χ2n) is 7.72. The number of carbonyl (C=O) groups is 1. The van der Waals surface area contributed by atoms with E-state index in [1.807, 2.05) is 37.3 Å². The summed E-state index contributed by atoms with van der Waals surface area (Å²) >= 11 is 0. The first-order valence-corrected chi connectivity index (χ1v) is 10.3. The molecule has 0 spiro atoms. The van der Waals surface area contributed by atoms with Crippen LogP contribution in [0.5, 0.6) is 5.88 Å². The van der Waals surface area contributed by atoms with E-state index in [0.717, 1.165) is 35.0 Å². The van der Waals surface area contributed by atoms with Crippen molar-refractivity contribution in [1.29, 1.82) is 0 Å². The SMILES string of the molecule is CCc1nc(NC(=O)N[C@@H](c2ccccc2)C2(O)CCCC2)cc2[nH]nc(OC)c12. The molecule has 0 radical (unpaired) electrons. The molecule has 0 aliphatic heterocycles. The smallest absolute Gasteiger partial charge is 0.320 e. The molecule has 3 aromatic rings. The Morgan fingerprint density at radius 3 is 2.70 bits per heavy atom. The number of anilines is 1. The van der Waals surface area contributed by atoms with E-state index in [1.54, 1.807) is 13.2 Å². The van der Waals surface area contributed by atoms with Gasteiger partial charge in [-0.15, -0.1) is 5.10 Å². The molecular formula is C22H27N5O3. The lowest BCUT2D eigenvalue weighted by atomic mass is 9.87. The van der Waals surface area contributed by atoms with E-state index in [4.69, 9.17) is 4.74 Å². The lowest BCUT2D eigenvalue weighted by Crippen LogP contribution is -2.45. The molecule has 8 heteroatoms. The highest BCUT2D eigenvalue weighted by Crippen LogP contribution is 2.40. The highest BCUT2D eigenvalue weighted by Gasteiger charge is 2.41. The number of aliphatic hydroxyl groups is 1. The van der Waals surface area contributed by atoms with Gasteiger partial charge in [0, 0.05) is 6.07 Å². The number of benzene rings is 1. The summed E-state index contributed by atoms with van der Waals surface area (Å²) in [6, 6.07) is 10.4. The Balaban J connectivity index is 1.58. The molecule has 1 atom stereocenters. The van der Waals surface area contributed by atoms with Gasteiger partial charge in [-0.1, -0.05) is 50.1 Å². The van der Waals surface area contributed by atoms with Crippen LogP contribution in [-0.4, -0.2) is 39.0 Å². The fourth-order valence-corrected chi connectivity index (χ4v) is 4.29. The Morgan fingerprint density at radius 1 is 1.30 bits per heavy atom. The Bertz CT molecular complexity index is 1030. The van der Waals surface area contributed by atoms with Crippen LogP contribution in [-0.2, 0) is 6.42 Å². The number of H-pyrrole nitrogens is 1. The van der Waals surface area contributed by atoms with Crippen LogP contribution in [0.3, 0.4) is 0 Å². The van der Waals surface area contributed by atoms with Crippen molar-refractivity contribution in [2.24, 2.45) is 0 Å². The Hall–Kier alpha value is -3.13. The van der Waals surface area contributed by atoms with Gasteiger partial charge < -0.3 is 15.2 Å². The summed E-state index contributed by atoms with van der Waals surface area (Å²) in [5, 5.41) is 24.9. The summed E-state index contributed by atoms with van der Waals surface area (Å²) in [4.78, 5) is 17.4. The molecule has 8 nitrogen and oxygen atoms in total. The average molecular weight is 409 g/mol. The zero-order valence-corrected chi connectivity index (χ0v) is 17.2. The Morgan fingerprint density at radius 2 is 2.03 bits per heavy atom. The zero-order chi connectivity index (χ0) is 21.1. The van der Waals surface area contributed by atoms with Gasteiger partial charge in [-0.05, 0) is 24.8 Å². The van der Waals surface area contributed by atoms with Gasteiger partial charge in [-0.3, -0.25) is 10.4 Å². The number of amides is 2. The van der Waals surface area contributed by atoms with Crippen molar-refractivity contribution in [3.63, 3.8) is 0 Å². The van der Waals surface area contributed by atoms with E-state index in [2.05, 4.69) is 25.8 Å². The number of aryl methyl sites for hydroxylation is 1. The number of rotatable bonds is 6. The molecule has 1 fully saturated rings. The van der Waals surface area contributed by atoms with Crippen molar-refractivity contribution >= 4 is 22.8 Å². The molecule has 1 aliphatic rings. The fourth-order valence-electron chi connectivity index (χ4n) is 4.29. The highest BCUT2D eigenvalue weighted by molar-refractivity contribution is 5.93. The fraction of sp³-hybridized carbons (Fsp3) is 0.409. The molecule has 1 saturated carbocycles. The molecule has 2 aromatic heterocycles. The van der Waals surface area contributed by atoms with Crippen molar-refractivity contribution < 1.29 is 14.6 Å². The van der Waals surface area contributed by atoms with Gasteiger partial charge in [0.1, 0.15) is 5.82 Å². The quantitative estimate of drug-likeness (QED) is 0.496. The number of methoxy groups -OCH3 is 1. The monoisotopic (exact) mass is 409 g/mol. The summed E-state index contributed by atoms with van der Waals surface area (Å²) in [5.74, 6) is 0.895.